The predicted octanol–water partition coefficient (Wildman–Crippen LogP) is 3.20. The molecular weight excluding hydrogens is 416 g/mol. The number of nitrogens with zero attached hydrogens (tertiary/aromatic N) is 3. The molecule has 3 rings (SSSR count). The first-order valence-electron chi connectivity index (χ1n) is 10.8. The van der Waals surface area contributed by atoms with Crippen molar-refractivity contribution in [2.24, 2.45) is 0 Å². The van der Waals surface area contributed by atoms with Gasteiger partial charge in [0.2, 0.25) is 5.91 Å². The lowest BCUT2D eigenvalue weighted by atomic mass is 10.0. The van der Waals surface area contributed by atoms with Crippen LogP contribution in [0.1, 0.15) is 46.1 Å². The van der Waals surface area contributed by atoms with Crippen molar-refractivity contribution in [1.29, 1.82) is 0 Å². The van der Waals surface area contributed by atoms with Crippen LogP contribution in [-0.4, -0.2) is 57.9 Å². The van der Waals surface area contributed by atoms with Crippen molar-refractivity contribution in [2.75, 3.05) is 25.4 Å². The van der Waals surface area contributed by atoms with Gasteiger partial charge in [-0.1, -0.05) is 30.8 Å². The Hall–Kier alpha value is -2.55. The van der Waals surface area contributed by atoms with Crippen LogP contribution in [0.15, 0.2) is 34.2 Å². The summed E-state index contributed by atoms with van der Waals surface area (Å²) >= 11 is 1.28. The van der Waals surface area contributed by atoms with Crippen LogP contribution in [0.25, 0.3) is 10.9 Å². The lowest BCUT2D eigenvalue weighted by molar-refractivity contribution is -0.119. The second-order valence-corrected chi connectivity index (χ2v) is 8.61. The van der Waals surface area contributed by atoms with Crippen LogP contribution in [0.4, 0.5) is 4.79 Å². The van der Waals surface area contributed by atoms with E-state index in [0.717, 1.165) is 6.42 Å². The molecule has 1 unspecified atom stereocenters. The number of carbonyl (C=O) groups is 2. The Morgan fingerprint density at radius 2 is 1.97 bits per heavy atom. The molecule has 1 fully saturated rings. The second kappa shape index (κ2) is 10.7. The Morgan fingerprint density at radius 3 is 2.65 bits per heavy atom. The van der Waals surface area contributed by atoms with Gasteiger partial charge in [0.05, 0.1) is 23.3 Å². The van der Waals surface area contributed by atoms with E-state index in [0.29, 0.717) is 48.6 Å². The van der Waals surface area contributed by atoms with Crippen molar-refractivity contribution in [3.05, 3.63) is 34.6 Å². The fourth-order valence-electron chi connectivity index (χ4n) is 3.62. The molecule has 0 aliphatic carbocycles. The molecule has 1 saturated heterocycles. The normalized spacial score (nSPS) is 15.6. The first-order valence-corrected chi connectivity index (χ1v) is 11.8. The maximum absolute atomic E-state index is 13.3. The highest BCUT2D eigenvalue weighted by Gasteiger charge is 2.27. The Bertz CT molecular complexity index is 985. The molecule has 168 valence electrons. The summed E-state index contributed by atoms with van der Waals surface area (Å²) in [6.07, 6.45) is 1.80. The number of carbonyl (C=O) groups excluding carboxylic acids is 2. The summed E-state index contributed by atoms with van der Waals surface area (Å²) in [6, 6.07) is 7.28. The molecule has 2 amide bonds. The van der Waals surface area contributed by atoms with Gasteiger partial charge in [-0.25, -0.2) is 9.78 Å². The quantitative estimate of drug-likeness (QED) is 0.519. The summed E-state index contributed by atoms with van der Waals surface area (Å²) < 4.78 is 6.81. The van der Waals surface area contributed by atoms with E-state index >= 15 is 0 Å². The van der Waals surface area contributed by atoms with E-state index in [4.69, 9.17) is 9.72 Å². The molecule has 0 spiro atoms. The molecule has 0 bridgehead atoms. The fourth-order valence-corrected chi connectivity index (χ4v) is 4.50. The van der Waals surface area contributed by atoms with Crippen molar-refractivity contribution in [3.8, 4) is 0 Å². The largest absolute Gasteiger partial charge is 0.450 e. The molecule has 8 nitrogen and oxygen atoms in total. The molecule has 1 aromatic carbocycles. The van der Waals surface area contributed by atoms with Gasteiger partial charge < -0.3 is 15.0 Å². The van der Waals surface area contributed by atoms with Gasteiger partial charge >= 0.3 is 6.09 Å². The van der Waals surface area contributed by atoms with Crippen LogP contribution in [0.2, 0.25) is 0 Å². The Labute approximate surface area is 186 Å². The average molecular weight is 447 g/mol. The first kappa shape index (κ1) is 23.1. The number of hydrogen-bond acceptors (Lipinski definition) is 6. The maximum atomic E-state index is 13.3. The van der Waals surface area contributed by atoms with E-state index in [1.165, 1.54) is 11.8 Å². The smallest absolute Gasteiger partial charge is 0.409 e. The number of rotatable bonds is 7. The number of piperidine rings is 1. The fraction of sp³-hybridized carbons (Fsp3) is 0.545. The van der Waals surface area contributed by atoms with Gasteiger partial charge in [0, 0.05) is 25.2 Å². The summed E-state index contributed by atoms with van der Waals surface area (Å²) in [5, 5.41) is 4.05. The van der Waals surface area contributed by atoms with E-state index in [2.05, 4.69) is 5.32 Å². The minimum Gasteiger partial charge on any atom is -0.450 e. The summed E-state index contributed by atoms with van der Waals surface area (Å²) in [4.78, 5) is 44.0. The highest BCUT2D eigenvalue weighted by atomic mass is 32.2. The predicted molar refractivity (Wildman–Crippen MR) is 121 cm³/mol. The number of aromatic nitrogens is 2. The van der Waals surface area contributed by atoms with Crippen molar-refractivity contribution in [1.82, 2.24) is 19.8 Å². The van der Waals surface area contributed by atoms with Crippen molar-refractivity contribution in [3.63, 3.8) is 0 Å². The van der Waals surface area contributed by atoms with E-state index in [1.54, 1.807) is 22.5 Å². The molecule has 9 heteroatoms. The van der Waals surface area contributed by atoms with Crippen LogP contribution >= 0.6 is 11.8 Å². The monoisotopic (exact) mass is 446 g/mol. The molecule has 0 radical (unpaired) electrons. The third-order valence-corrected chi connectivity index (χ3v) is 6.44. The van der Waals surface area contributed by atoms with Gasteiger partial charge in [0.1, 0.15) is 0 Å². The molecule has 2 aromatic rings. The zero-order valence-corrected chi connectivity index (χ0v) is 19.1. The summed E-state index contributed by atoms with van der Waals surface area (Å²) in [5.41, 5.74) is 0.516. The van der Waals surface area contributed by atoms with E-state index < -0.39 is 0 Å². The van der Waals surface area contributed by atoms with E-state index in [9.17, 15) is 14.4 Å². The zero-order chi connectivity index (χ0) is 22.4. The van der Waals surface area contributed by atoms with Crippen molar-refractivity contribution in [2.45, 2.75) is 57.3 Å². The SMILES string of the molecule is CCOC(=O)N1CCC(n2c(SCC(=O)NC(C)CC)nc3ccccc3c2=O)CC1. The number of amides is 2. The first-order chi connectivity index (χ1) is 14.9. The minimum absolute atomic E-state index is 0.0783. The molecule has 2 heterocycles. The summed E-state index contributed by atoms with van der Waals surface area (Å²) in [7, 11) is 0. The summed E-state index contributed by atoms with van der Waals surface area (Å²) in [6.45, 7) is 7.13. The van der Waals surface area contributed by atoms with Gasteiger partial charge in [-0.2, -0.15) is 0 Å². The summed E-state index contributed by atoms with van der Waals surface area (Å²) in [5.74, 6) is 0.113. The average Bonchev–Trinajstić information content (AvgIpc) is 2.78. The number of fused-ring (bicyclic) bond motifs is 1. The number of para-hydroxylation sites is 1. The number of likely N-dealkylation sites (tertiary alicyclic amines) is 1. The molecule has 31 heavy (non-hydrogen) atoms. The lowest BCUT2D eigenvalue weighted by Crippen LogP contribution is -2.41. The van der Waals surface area contributed by atoms with Gasteiger partial charge in [-0.15, -0.1) is 0 Å². The molecule has 1 aromatic heterocycles. The van der Waals surface area contributed by atoms with Gasteiger partial charge in [-0.05, 0) is 45.2 Å². The number of ether oxygens (including phenoxy) is 1. The standard InChI is InChI=1S/C22H30N4O4S/c1-4-15(3)23-19(27)14-31-21-24-18-9-7-6-8-17(18)20(28)26(21)16-10-12-25(13-11-16)22(29)30-5-2/h6-9,15-16H,4-5,10-14H2,1-3H3,(H,23,27). The molecule has 1 aliphatic rings. The number of benzene rings is 1. The third kappa shape index (κ3) is 5.58. The lowest BCUT2D eigenvalue weighted by Gasteiger charge is -2.33. The number of thioether (sulfide) groups is 1. The van der Waals surface area contributed by atoms with Gasteiger partial charge in [0.15, 0.2) is 5.16 Å². The molecule has 1 N–H and O–H groups in total. The van der Waals surface area contributed by atoms with Crippen LogP contribution in [0, 0.1) is 0 Å². The number of hydrogen-bond donors (Lipinski definition) is 1. The van der Waals surface area contributed by atoms with E-state index in [-0.39, 0.29) is 35.4 Å². The van der Waals surface area contributed by atoms with E-state index in [1.807, 2.05) is 32.0 Å². The second-order valence-electron chi connectivity index (χ2n) is 7.67. The van der Waals surface area contributed by atoms with Crippen LogP contribution in [0.5, 0.6) is 0 Å². The van der Waals surface area contributed by atoms with Crippen LogP contribution in [-0.2, 0) is 9.53 Å². The zero-order valence-electron chi connectivity index (χ0n) is 18.3. The topological polar surface area (TPSA) is 93.5 Å². The highest BCUT2D eigenvalue weighted by molar-refractivity contribution is 7.99. The molecular formula is C22H30N4O4S. The Morgan fingerprint density at radius 1 is 1.26 bits per heavy atom. The molecule has 0 saturated carbocycles. The van der Waals surface area contributed by atoms with Crippen LogP contribution < -0.4 is 10.9 Å². The van der Waals surface area contributed by atoms with Gasteiger partial charge in [-0.3, -0.25) is 14.2 Å². The molecule has 1 atom stereocenters. The number of nitrogens with one attached hydrogen (secondary N) is 1. The Balaban J connectivity index is 1.84. The van der Waals surface area contributed by atoms with Crippen molar-refractivity contribution >= 4 is 34.7 Å². The van der Waals surface area contributed by atoms with Crippen LogP contribution in [0.3, 0.4) is 0 Å². The Kier molecular flexibility index (Phi) is 7.95. The van der Waals surface area contributed by atoms with Crippen molar-refractivity contribution < 1.29 is 14.3 Å². The van der Waals surface area contributed by atoms with Gasteiger partial charge in [0.25, 0.3) is 5.56 Å². The highest BCUT2D eigenvalue weighted by Crippen LogP contribution is 2.27. The molecule has 1 aliphatic heterocycles. The minimum atomic E-state index is -0.318. The third-order valence-electron chi connectivity index (χ3n) is 5.48. The maximum Gasteiger partial charge on any atom is 0.409 e.